The van der Waals surface area contributed by atoms with Gasteiger partial charge < -0.3 is 19.9 Å². The number of ether oxygens (including phenoxy) is 1. The number of nitrogens with zero attached hydrogens (tertiary/aromatic N) is 1. The smallest absolute Gasteiger partial charge is 0.260 e. The third-order valence-electron chi connectivity index (χ3n) is 4.52. The van der Waals surface area contributed by atoms with Gasteiger partial charge in [-0.3, -0.25) is 9.59 Å². The molecule has 126 valence electrons. The van der Waals surface area contributed by atoms with E-state index in [1.165, 1.54) is 12.3 Å². The molecule has 0 aromatic carbocycles. The molecule has 0 bridgehead atoms. The highest BCUT2D eigenvalue weighted by Crippen LogP contribution is 2.17. The summed E-state index contributed by atoms with van der Waals surface area (Å²) < 4.78 is 5.67. The van der Waals surface area contributed by atoms with Gasteiger partial charge in [-0.05, 0) is 31.7 Å². The molecule has 3 rings (SSSR count). The number of halogens is 1. The van der Waals surface area contributed by atoms with Gasteiger partial charge in [-0.1, -0.05) is 11.6 Å². The number of nitrogens with one attached hydrogen (secondary N) is 2. The van der Waals surface area contributed by atoms with Gasteiger partial charge in [-0.15, -0.1) is 0 Å². The molecule has 0 radical (unpaired) electrons. The number of pyridine rings is 1. The van der Waals surface area contributed by atoms with Crippen LogP contribution in [0.25, 0.3) is 0 Å². The summed E-state index contributed by atoms with van der Waals surface area (Å²) in [5.41, 5.74) is -0.345. The van der Waals surface area contributed by atoms with E-state index >= 15 is 0 Å². The maximum Gasteiger partial charge on any atom is 0.260 e. The lowest BCUT2D eigenvalue weighted by molar-refractivity contribution is 0.0612. The second-order valence-electron chi connectivity index (χ2n) is 6.24. The van der Waals surface area contributed by atoms with Crippen LogP contribution >= 0.6 is 11.6 Å². The predicted octanol–water partition coefficient (Wildman–Crippen LogP) is 1.40. The molecule has 6 nitrogen and oxygen atoms in total. The molecule has 1 aromatic heterocycles. The van der Waals surface area contributed by atoms with Gasteiger partial charge >= 0.3 is 0 Å². The van der Waals surface area contributed by atoms with Crippen LogP contribution < -0.4 is 10.9 Å². The molecule has 2 fully saturated rings. The van der Waals surface area contributed by atoms with Crippen molar-refractivity contribution in [1.82, 2.24) is 15.2 Å². The molecule has 2 aliphatic rings. The van der Waals surface area contributed by atoms with Crippen molar-refractivity contribution in [2.75, 3.05) is 26.2 Å². The quantitative estimate of drug-likeness (QED) is 0.869. The SMILES string of the molecule is O=C(NC1CCN(CC2CCCO2)CC1)c1cc(Cl)c[nH]c1=O. The lowest BCUT2D eigenvalue weighted by Crippen LogP contribution is -2.47. The number of aromatic nitrogens is 1. The second-order valence-corrected chi connectivity index (χ2v) is 6.68. The highest BCUT2D eigenvalue weighted by atomic mass is 35.5. The summed E-state index contributed by atoms with van der Waals surface area (Å²) in [5, 5.41) is 3.29. The number of rotatable bonds is 4. The number of aromatic amines is 1. The van der Waals surface area contributed by atoms with E-state index in [4.69, 9.17) is 16.3 Å². The number of likely N-dealkylation sites (tertiary alicyclic amines) is 1. The third kappa shape index (κ3) is 4.34. The van der Waals surface area contributed by atoms with Crippen molar-refractivity contribution < 1.29 is 9.53 Å². The first-order chi connectivity index (χ1) is 11.1. The van der Waals surface area contributed by atoms with Gasteiger partial charge in [0.15, 0.2) is 0 Å². The largest absolute Gasteiger partial charge is 0.377 e. The van der Waals surface area contributed by atoms with Crippen molar-refractivity contribution >= 4 is 17.5 Å². The number of hydrogen-bond acceptors (Lipinski definition) is 4. The zero-order valence-electron chi connectivity index (χ0n) is 13.0. The Hall–Kier alpha value is -1.37. The Morgan fingerprint density at radius 2 is 2.17 bits per heavy atom. The van der Waals surface area contributed by atoms with E-state index in [0.717, 1.165) is 51.9 Å². The van der Waals surface area contributed by atoms with Crippen LogP contribution in [0.4, 0.5) is 0 Å². The number of H-pyrrole nitrogens is 1. The maximum absolute atomic E-state index is 12.2. The summed E-state index contributed by atoms with van der Waals surface area (Å²) >= 11 is 5.84. The summed E-state index contributed by atoms with van der Waals surface area (Å²) in [6, 6.07) is 1.50. The van der Waals surface area contributed by atoms with Crippen molar-refractivity contribution in [3.05, 3.63) is 33.2 Å². The number of amides is 1. The molecule has 0 saturated carbocycles. The van der Waals surface area contributed by atoms with Gasteiger partial charge in [0.25, 0.3) is 11.5 Å². The van der Waals surface area contributed by atoms with Gasteiger partial charge in [0.2, 0.25) is 0 Å². The zero-order valence-corrected chi connectivity index (χ0v) is 13.8. The first-order valence-electron chi connectivity index (χ1n) is 8.15. The van der Waals surface area contributed by atoms with Crippen LogP contribution in [-0.2, 0) is 4.74 Å². The van der Waals surface area contributed by atoms with E-state index in [9.17, 15) is 9.59 Å². The van der Waals surface area contributed by atoms with E-state index in [2.05, 4.69) is 15.2 Å². The molecule has 2 saturated heterocycles. The molecular formula is C16H22ClN3O3. The number of carbonyl (C=O) groups is 1. The molecule has 1 aromatic rings. The van der Waals surface area contributed by atoms with Crippen LogP contribution in [0.2, 0.25) is 5.02 Å². The Morgan fingerprint density at radius 3 is 2.87 bits per heavy atom. The zero-order chi connectivity index (χ0) is 16.2. The first kappa shape index (κ1) is 16.5. The molecule has 0 spiro atoms. The Balaban J connectivity index is 1.49. The molecule has 2 aliphatic heterocycles. The molecule has 0 aliphatic carbocycles. The first-order valence-corrected chi connectivity index (χ1v) is 8.52. The highest BCUT2D eigenvalue weighted by molar-refractivity contribution is 6.30. The van der Waals surface area contributed by atoms with E-state index < -0.39 is 5.56 Å². The second kappa shape index (κ2) is 7.47. The number of piperidine rings is 1. The predicted molar refractivity (Wildman–Crippen MR) is 88.0 cm³/mol. The summed E-state index contributed by atoms with van der Waals surface area (Å²) in [4.78, 5) is 28.8. The van der Waals surface area contributed by atoms with Crippen LogP contribution in [0.15, 0.2) is 17.1 Å². The fourth-order valence-electron chi connectivity index (χ4n) is 3.23. The van der Waals surface area contributed by atoms with Crippen LogP contribution in [0.1, 0.15) is 36.0 Å². The Morgan fingerprint density at radius 1 is 1.39 bits per heavy atom. The van der Waals surface area contributed by atoms with Crippen molar-refractivity contribution in [3.8, 4) is 0 Å². The lowest BCUT2D eigenvalue weighted by Gasteiger charge is -2.33. The molecule has 1 amide bonds. The van der Waals surface area contributed by atoms with Crippen molar-refractivity contribution in [2.24, 2.45) is 0 Å². The molecule has 2 N–H and O–H groups in total. The van der Waals surface area contributed by atoms with Gasteiger partial charge in [0, 0.05) is 38.5 Å². The fraction of sp³-hybridized carbons (Fsp3) is 0.625. The highest BCUT2D eigenvalue weighted by Gasteiger charge is 2.25. The van der Waals surface area contributed by atoms with E-state index in [1.54, 1.807) is 0 Å². The monoisotopic (exact) mass is 339 g/mol. The van der Waals surface area contributed by atoms with Crippen molar-refractivity contribution in [2.45, 2.75) is 37.8 Å². The molecule has 23 heavy (non-hydrogen) atoms. The van der Waals surface area contributed by atoms with Crippen LogP contribution in [-0.4, -0.2) is 54.2 Å². The minimum absolute atomic E-state index is 0.0688. The van der Waals surface area contributed by atoms with Gasteiger partial charge in [0.1, 0.15) is 5.56 Å². The molecule has 1 unspecified atom stereocenters. The average Bonchev–Trinajstić information content (AvgIpc) is 3.04. The van der Waals surface area contributed by atoms with E-state index in [1.807, 2.05) is 0 Å². The number of hydrogen-bond donors (Lipinski definition) is 2. The molecule has 7 heteroatoms. The molecule has 3 heterocycles. The summed E-state index contributed by atoms with van der Waals surface area (Å²) in [6.45, 7) is 3.74. The fourth-order valence-corrected chi connectivity index (χ4v) is 3.39. The summed E-state index contributed by atoms with van der Waals surface area (Å²) in [7, 11) is 0. The van der Waals surface area contributed by atoms with E-state index in [-0.39, 0.29) is 17.5 Å². The van der Waals surface area contributed by atoms with Gasteiger partial charge in [0.05, 0.1) is 11.1 Å². The van der Waals surface area contributed by atoms with E-state index in [0.29, 0.717) is 11.1 Å². The third-order valence-corrected chi connectivity index (χ3v) is 4.74. The average molecular weight is 340 g/mol. The number of carbonyl (C=O) groups excluding carboxylic acids is 1. The molecular weight excluding hydrogens is 318 g/mol. The van der Waals surface area contributed by atoms with Crippen molar-refractivity contribution in [3.63, 3.8) is 0 Å². The Kier molecular flexibility index (Phi) is 5.35. The minimum Gasteiger partial charge on any atom is -0.377 e. The lowest BCUT2D eigenvalue weighted by atomic mass is 10.0. The van der Waals surface area contributed by atoms with Crippen LogP contribution in [0.3, 0.4) is 0 Å². The van der Waals surface area contributed by atoms with Crippen LogP contribution in [0, 0.1) is 0 Å². The van der Waals surface area contributed by atoms with Crippen molar-refractivity contribution in [1.29, 1.82) is 0 Å². The topological polar surface area (TPSA) is 74.4 Å². The summed E-state index contributed by atoms with van der Waals surface area (Å²) in [6.07, 6.45) is 5.82. The Labute approximate surface area is 140 Å². The summed E-state index contributed by atoms with van der Waals surface area (Å²) in [5.74, 6) is -0.355. The normalized spacial score (nSPS) is 23.1. The maximum atomic E-state index is 12.2. The van der Waals surface area contributed by atoms with Gasteiger partial charge in [-0.25, -0.2) is 0 Å². The van der Waals surface area contributed by atoms with Gasteiger partial charge in [-0.2, -0.15) is 0 Å². The Bertz CT molecular complexity index is 605. The molecule has 1 atom stereocenters. The minimum atomic E-state index is -0.414. The van der Waals surface area contributed by atoms with Crippen LogP contribution in [0.5, 0.6) is 0 Å². The standard InChI is InChI=1S/C16H22ClN3O3/c17-11-8-14(15(21)18-9-11)16(22)19-12-3-5-20(6-4-12)10-13-2-1-7-23-13/h8-9,12-13H,1-7,10H2,(H,18,21)(H,19,22).